The summed E-state index contributed by atoms with van der Waals surface area (Å²) in [7, 11) is 3.44. The highest BCUT2D eigenvalue weighted by Crippen LogP contribution is 2.15. The van der Waals surface area contributed by atoms with E-state index in [4.69, 9.17) is 4.74 Å². The minimum Gasteiger partial charge on any atom is -0.465 e. The van der Waals surface area contributed by atoms with Gasteiger partial charge in [-0.05, 0) is 20.4 Å². The molecule has 0 aliphatic carbocycles. The largest absolute Gasteiger partial charge is 0.465 e. The van der Waals surface area contributed by atoms with Crippen molar-refractivity contribution in [2.75, 3.05) is 38.8 Å². The van der Waals surface area contributed by atoms with Crippen molar-refractivity contribution in [3.05, 3.63) is 0 Å². The summed E-state index contributed by atoms with van der Waals surface area (Å²) in [6, 6.07) is 0. The first kappa shape index (κ1) is 17.2. The molecule has 0 spiro atoms. The van der Waals surface area contributed by atoms with Crippen molar-refractivity contribution in [3.8, 4) is 0 Å². The summed E-state index contributed by atoms with van der Waals surface area (Å²) in [6.07, 6.45) is 0. The number of nitrogens with one attached hydrogen (secondary N) is 1. The third-order valence-corrected chi connectivity index (χ3v) is 3.64. The Balaban J connectivity index is 4.35. The van der Waals surface area contributed by atoms with E-state index in [1.165, 1.54) is 11.8 Å². The van der Waals surface area contributed by atoms with Gasteiger partial charge in [-0.25, -0.2) is 0 Å². The van der Waals surface area contributed by atoms with Crippen LogP contribution in [0.5, 0.6) is 0 Å². The maximum Gasteiger partial charge on any atom is 0.326 e. The molecule has 0 aliphatic rings. The van der Waals surface area contributed by atoms with E-state index in [1.54, 1.807) is 25.9 Å². The molecule has 0 heterocycles. The summed E-state index contributed by atoms with van der Waals surface area (Å²) in [5.74, 6) is 0.659. The summed E-state index contributed by atoms with van der Waals surface area (Å²) in [5, 5.41) is 3.13. The Kier molecular flexibility index (Phi) is 8.02. The minimum atomic E-state index is -0.734. The molecule has 0 radical (unpaired) electrons. The van der Waals surface area contributed by atoms with Crippen LogP contribution in [-0.2, 0) is 14.3 Å². The second-order valence-corrected chi connectivity index (χ2v) is 5.35. The van der Waals surface area contributed by atoms with E-state index < -0.39 is 5.54 Å². The first-order chi connectivity index (χ1) is 8.37. The summed E-state index contributed by atoms with van der Waals surface area (Å²) in [6.45, 7) is 6.57. The molecule has 18 heavy (non-hydrogen) atoms. The van der Waals surface area contributed by atoms with E-state index >= 15 is 0 Å². The molecule has 1 N–H and O–H groups in total. The second-order valence-electron chi connectivity index (χ2n) is 4.36. The molecule has 0 bridgehead atoms. The summed E-state index contributed by atoms with van der Waals surface area (Å²) < 4.78 is 5.05. The van der Waals surface area contributed by atoms with Crippen LogP contribution in [0.15, 0.2) is 0 Å². The van der Waals surface area contributed by atoms with Gasteiger partial charge in [-0.15, -0.1) is 11.8 Å². The number of hydrogen-bond donors (Lipinski definition) is 1. The Labute approximate surface area is 114 Å². The third-order valence-electron chi connectivity index (χ3n) is 2.41. The fourth-order valence-corrected chi connectivity index (χ4v) is 2.50. The van der Waals surface area contributed by atoms with Crippen LogP contribution >= 0.6 is 11.8 Å². The van der Waals surface area contributed by atoms with Crippen LogP contribution in [0.25, 0.3) is 0 Å². The first-order valence-electron chi connectivity index (χ1n) is 6.07. The quantitative estimate of drug-likeness (QED) is 0.663. The molecule has 0 fully saturated rings. The van der Waals surface area contributed by atoms with Crippen molar-refractivity contribution >= 4 is 23.6 Å². The van der Waals surface area contributed by atoms with E-state index in [0.717, 1.165) is 0 Å². The van der Waals surface area contributed by atoms with Crippen molar-refractivity contribution < 1.29 is 14.3 Å². The van der Waals surface area contributed by atoms with Crippen LogP contribution < -0.4 is 5.32 Å². The number of thioether (sulfide) groups is 1. The maximum atomic E-state index is 11.9. The van der Waals surface area contributed by atoms with Crippen LogP contribution in [0.3, 0.4) is 0 Å². The van der Waals surface area contributed by atoms with Crippen LogP contribution in [0.1, 0.15) is 20.8 Å². The number of amides is 1. The molecule has 0 saturated heterocycles. The molecule has 0 aromatic carbocycles. The van der Waals surface area contributed by atoms with Gasteiger partial charge in [0.2, 0.25) is 5.91 Å². The monoisotopic (exact) mass is 276 g/mol. The number of carbonyl (C=O) groups excluding carboxylic acids is 2. The lowest BCUT2D eigenvalue weighted by Crippen LogP contribution is -2.52. The highest BCUT2D eigenvalue weighted by atomic mass is 32.2. The molecule has 0 saturated carbocycles. The molecule has 0 rings (SSSR count). The van der Waals surface area contributed by atoms with Gasteiger partial charge in [0, 0.05) is 19.8 Å². The van der Waals surface area contributed by atoms with E-state index in [0.29, 0.717) is 24.7 Å². The maximum absolute atomic E-state index is 11.9. The zero-order valence-corrected chi connectivity index (χ0v) is 12.7. The predicted octanol–water partition coefficient (Wildman–Crippen LogP) is 0.739. The lowest BCUT2D eigenvalue weighted by Gasteiger charge is -2.27. The highest BCUT2D eigenvalue weighted by molar-refractivity contribution is 8.00. The Morgan fingerprint density at radius 2 is 1.94 bits per heavy atom. The molecule has 0 aliphatic heterocycles. The number of likely N-dealkylation sites (N-methyl/N-ethyl adjacent to an activating group) is 1. The van der Waals surface area contributed by atoms with Gasteiger partial charge in [0.15, 0.2) is 0 Å². The minimum absolute atomic E-state index is 0.0442. The van der Waals surface area contributed by atoms with E-state index in [2.05, 4.69) is 5.32 Å². The standard InChI is InChI=1S/C12H24N2O3S/c1-6-13-12(3,11(16)17-7-2)9-18-8-10(15)14(4)5/h13H,6-9H2,1-5H3. The van der Waals surface area contributed by atoms with Crippen LogP contribution in [0.2, 0.25) is 0 Å². The Bertz CT molecular complexity index is 284. The van der Waals surface area contributed by atoms with Crippen molar-refractivity contribution in [2.45, 2.75) is 26.3 Å². The van der Waals surface area contributed by atoms with Crippen molar-refractivity contribution in [2.24, 2.45) is 0 Å². The number of nitrogens with zero attached hydrogens (tertiary/aromatic N) is 1. The van der Waals surface area contributed by atoms with E-state index in [-0.39, 0.29) is 11.9 Å². The first-order valence-corrected chi connectivity index (χ1v) is 7.23. The summed E-state index contributed by atoms with van der Waals surface area (Å²) >= 11 is 1.44. The lowest BCUT2D eigenvalue weighted by molar-refractivity contribution is -0.149. The van der Waals surface area contributed by atoms with Crippen LogP contribution in [0.4, 0.5) is 0 Å². The molecule has 1 unspecified atom stereocenters. The van der Waals surface area contributed by atoms with Crippen molar-refractivity contribution in [1.82, 2.24) is 10.2 Å². The van der Waals surface area contributed by atoms with E-state index in [1.807, 2.05) is 13.8 Å². The van der Waals surface area contributed by atoms with Crippen molar-refractivity contribution in [3.63, 3.8) is 0 Å². The number of esters is 1. The van der Waals surface area contributed by atoms with Gasteiger partial charge in [0.05, 0.1) is 12.4 Å². The Morgan fingerprint density at radius 1 is 1.33 bits per heavy atom. The second kappa shape index (κ2) is 8.37. The van der Waals surface area contributed by atoms with Crippen LogP contribution in [0, 0.1) is 0 Å². The smallest absolute Gasteiger partial charge is 0.326 e. The molecule has 6 heteroatoms. The molecule has 1 atom stereocenters. The third kappa shape index (κ3) is 5.73. The lowest BCUT2D eigenvalue weighted by atomic mass is 10.1. The highest BCUT2D eigenvalue weighted by Gasteiger charge is 2.33. The average molecular weight is 276 g/mol. The molecule has 1 amide bonds. The molecular formula is C12H24N2O3S. The SMILES string of the molecule is CCNC(C)(CSCC(=O)N(C)C)C(=O)OCC. The van der Waals surface area contributed by atoms with Gasteiger partial charge >= 0.3 is 5.97 Å². The fourth-order valence-electron chi connectivity index (χ4n) is 1.33. The molecular weight excluding hydrogens is 252 g/mol. The molecule has 0 aromatic heterocycles. The van der Waals surface area contributed by atoms with Gasteiger partial charge < -0.3 is 15.0 Å². The van der Waals surface area contributed by atoms with Crippen molar-refractivity contribution in [1.29, 1.82) is 0 Å². The Morgan fingerprint density at radius 3 is 2.39 bits per heavy atom. The fraction of sp³-hybridized carbons (Fsp3) is 0.833. The predicted molar refractivity (Wildman–Crippen MR) is 74.7 cm³/mol. The molecule has 5 nitrogen and oxygen atoms in total. The number of rotatable bonds is 8. The van der Waals surface area contributed by atoms with Gasteiger partial charge in [-0.3, -0.25) is 9.59 Å². The number of hydrogen-bond acceptors (Lipinski definition) is 5. The van der Waals surface area contributed by atoms with Gasteiger partial charge in [0.25, 0.3) is 0 Å². The molecule has 0 aromatic rings. The number of ether oxygens (including phenoxy) is 1. The zero-order valence-electron chi connectivity index (χ0n) is 11.9. The van der Waals surface area contributed by atoms with Gasteiger partial charge in [-0.2, -0.15) is 0 Å². The van der Waals surface area contributed by atoms with Gasteiger partial charge in [-0.1, -0.05) is 6.92 Å². The Hall–Kier alpha value is -0.750. The van der Waals surface area contributed by atoms with Gasteiger partial charge in [0.1, 0.15) is 5.54 Å². The summed E-state index contributed by atoms with van der Waals surface area (Å²) in [4.78, 5) is 24.9. The average Bonchev–Trinajstić information content (AvgIpc) is 2.29. The molecule has 106 valence electrons. The van der Waals surface area contributed by atoms with E-state index in [9.17, 15) is 9.59 Å². The number of carbonyl (C=O) groups is 2. The normalized spacial score (nSPS) is 13.8. The zero-order chi connectivity index (χ0) is 14.2. The summed E-state index contributed by atoms with van der Waals surface area (Å²) in [5.41, 5.74) is -0.734. The van der Waals surface area contributed by atoms with Crippen LogP contribution in [-0.4, -0.2) is 61.1 Å². The topological polar surface area (TPSA) is 58.6 Å².